The summed E-state index contributed by atoms with van der Waals surface area (Å²) in [6.45, 7) is 6.47. The molecule has 0 saturated carbocycles. The van der Waals surface area contributed by atoms with Gasteiger partial charge < -0.3 is 5.32 Å². The number of nitrogens with one attached hydrogen (secondary N) is 1. The number of benzene rings is 1. The third kappa shape index (κ3) is 3.45. The molecule has 1 amide bonds. The van der Waals surface area contributed by atoms with Gasteiger partial charge >= 0.3 is 0 Å². The number of aromatic nitrogens is 1. The lowest BCUT2D eigenvalue weighted by Crippen LogP contribution is -2.14. The molecule has 0 spiro atoms. The summed E-state index contributed by atoms with van der Waals surface area (Å²) in [7, 11) is 0. The summed E-state index contributed by atoms with van der Waals surface area (Å²) in [5.74, 6) is -0.142. The molecule has 1 aromatic carbocycles. The topological polar surface area (TPSA) is 42.0 Å². The van der Waals surface area contributed by atoms with Gasteiger partial charge in [-0.05, 0) is 51.2 Å². The van der Waals surface area contributed by atoms with Crippen molar-refractivity contribution >= 4 is 27.5 Å². The lowest BCUT2D eigenvalue weighted by molar-refractivity contribution is 0.102. The zero-order valence-corrected chi connectivity index (χ0v) is 13.4. The van der Waals surface area contributed by atoms with Crippen LogP contribution < -0.4 is 5.32 Å². The van der Waals surface area contributed by atoms with E-state index in [-0.39, 0.29) is 11.3 Å². The Labute approximate surface area is 127 Å². The molecule has 2 rings (SSSR count). The fraction of sp³-hybridized carbons (Fsp3) is 0.250. The first-order valence-corrected chi connectivity index (χ1v) is 7.18. The number of hydrogen-bond acceptors (Lipinski definition) is 2. The maximum Gasteiger partial charge on any atom is 0.255 e. The van der Waals surface area contributed by atoms with Crippen LogP contribution in [0.3, 0.4) is 0 Å². The number of rotatable bonds is 2. The van der Waals surface area contributed by atoms with E-state index in [0.29, 0.717) is 5.56 Å². The van der Waals surface area contributed by atoms with E-state index in [1.807, 2.05) is 18.2 Å². The van der Waals surface area contributed by atoms with E-state index >= 15 is 0 Å². The minimum Gasteiger partial charge on any atom is -0.321 e. The average Bonchev–Trinajstić information content (AvgIpc) is 2.41. The van der Waals surface area contributed by atoms with Crippen molar-refractivity contribution in [2.75, 3.05) is 5.32 Å². The van der Waals surface area contributed by atoms with Crippen molar-refractivity contribution in [3.05, 3.63) is 58.3 Å². The average molecular weight is 333 g/mol. The van der Waals surface area contributed by atoms with Crippen molar-refractivity contribution in [3.63, 3.8) is 0 Å². The maximum atomic E-state index is 12.1. The summed E-state index contributed by atoms with van der Waals surface area (Å²) in [5, 5.41) is 2.89. The molecule has 1 N–H and O–H groups in total. The molecule has 104 valence electrons. The van der Waals surface area contributed by atoms with Crippen LogP contribution >= 0.6 is 15.9 Å². The van der Waals surface area contributed by atoms with E-state index in [9.17, 15) is 4.79 Å². The molecule has 2 aromatic rings. The lowest BCUT2D eigenvalue weighted by Gasteiger charge is -2.20. The van der Waals surface area contributed by atoms with Crippen LogP contribution in [-0.2, 0) is 5.41 Å². The normalized spacial score (nSPS) is 11.2. The number of carbonyl (C=O) groups excluding carboxylic acids is 1. The Kier molecular flexibility index (Phi) is 4.23. The summed E-state index contributed by atoms with van der Waals surface area (Å²) in [6.07, 6.45) is 3.21. The van der Waals surface area contributed by atoms with Gasteiger partial charge in [-0.1, -0.05) is 26.8 Å². The molecular weight excluding hydrogens is 316 g/mol. The highest BCUT2D eigenvalue weighted by atomic mass is 79.9. The van der Waals surface area contributed by atoms with Crippen LogP contribution in [0.5, 0.6) is 0 Å². The fourth-order valence-corrected chi connectivity index (χ4v) is 2.26. The van der Waals surface area contributed by atoms with Crippen LogP contribution in [0.1, 0.15) is 36.7 Å². The van der Waals surface area contributed by atoms with Crippen molar-refractivity contribution in [1.29, 1.82) is 0 Å². The van der Waals surface area contributed by atoms with E-state index in [1.54, 1.807) is 24.5 Å². The molecular formula is C16H17BrN2O. The van der Waals surface area contributed by atoms with Gasteiger partial charge in [0, 0.05) is 22.4 Å². The minimum atomic E-state index is -0.142. The number of nitrogens with zero attached hydrogens (tertiary/aromatic N) is 1. The summed E-state index contributed by atoms with van der Waals surface area (Å²) < 4.78 is 0.882. The largest absolute Gasteiger partial charge is 0.321 e. The molecule has 0 fully saturated rings. The summed E-state index contributed by atoms with van der Waals surface area (Å²) in [6, 6.07) is 9.37. The molecule has 20 heavy (non-hydrogen) atoms. The Balaban J connectivity index is 2.21. The van der Waals surface area contributed by atoms with Crippen molar-refractivity contribution in [2.45, 2.75) is 26.2 Å². The Morgan fingerprint density at radius 3 is 2.35 bits per heavy atom. The zero-order chi connectivity index (χ0) is 14.8. The van der Waals surface area contributed by atoms with Gasteiger partial charge in [-0.3, -0.25) is 9.78 Å². The molecule has 0 aliphatic heterocycles. The third-order valence-electron chi connectivity index (χ3n) is 3.03. The van der Waals surface area contributed by atoms with Gasteiger partial charge in [0.25, 0.3) is 5.91 Å². The van der Waals surface area contributed by atoms with E-state index < -0.39 is 0 Å². The number of hydrogen-bond donors (Lipinski definition) is 1. The molecule has 0 atom stereocenters. The molecule has 0 aliphatic carbocycles. The van der Waals surface area contributed by atoms with Crippen molar-refractivity contribution < 1.29 is 4.79 Å². The van der Waals surface area contributed by atoms with E-state index in [0.717, 1.165) is 10.2 Å². The van der Waals surface area contributed by atoms with Gasteiger partial charge in [-0.15, -0.1) is 0 Å². The number of pyridine rings is 1. The van der Waals surface area contributed by atoms with Crippen molar-refractivity contribution in [1.82, 2.24) is 4.98 Å². The minimum absolute atomic E-state index is 0.0795. The zero-order valence-electron chi connectivity index (χ0n) is 11.8. The van der Waals surface area contributed by atoms with Crippen molar-refractivity contribution in [2.24, 2.45) is 0 Å². The predicted octanol–water partition coefficient (Wildman–Crippen LogP) is 4.39. The number of anilines is 1. The van der Waals surface area contributed by atoms with Gasteiger partial charge in [0.15, 0.2) is 0 Å². The SMILES string of the molecule is CC(C)(C)c1ccc(NC(=O)c2ccncc2)c(Br)c1. The molecule has 1 aromatic heterocycles. The first-order chi connectivity index (χ1) is 9.38. The van der Waals surface area contributed by atoms with Gasteiger partial charge in [0.1, 0.15) is 0 Å². The van der Waals surface area contributed by atoms with Crippen molar-refractivity contribution in [3.8, 4) is 0 Å². The summed E-state index contributed by atoms with van der Waals surface area (Å²) >= 11 is 3.51. The van der Waals surface area contributed by atoms with E-state index in [2.05, 4.69) is 47.0 Å². The smallest absolute Gasteiger partial charge is 0.255 e. The number of carbonyl (C=O) groups is 1. The highest BCUT2D eigenvalue weighted by Crippen LogP contribution is 2.30. The molecule has 0 aliphatic rings. The molecule has 4 heteroatoms. The van der Waals surface area contributed by atoms with Gasteiger partial charge in [-0.25, -0.2) is 0 Å². The van der Waals surface area contributed by atoms with Crippen LogP contribution in [0.4, 0.5) is 5.69 Å². The number of amides is 1. The second-order valence-electron chi connectivity index (χ2n) is 5.63. The Morgan fingerprint density at radius 2 is 1.80 bits per heavy atom. The van der Waals surface area contributed by atoms with Crippen LogP contribution in [-0.4, -0.2) is 10.9 Å². The Hall–Kier alpha value is -1.68. The molecule has 0 unspecified atom stereocenters. The predicted molar refractivity (Wildman–Crippen MR) is 85.0 cm³/mol. The van der Waals surface area contributed by atoms with Gasteiger partial charge in [-0.2, -0.15) is 0 Å². The second kappa shape index (κ2) is 5.75. The molecule has 0 radical (unpaired) electrons. The van der Waals surface area contributed by atoms with E-state index in [4.69, 9.17) is 0 Å². The molecule has 1 heterocycles. The van der Waals surface area contributed by atoms with Crippen LogP contribution in [0.25, 0.3) is 0 Å². The summed E-state index contributed by atoms with van der Waals surface area (Å²) in [4.78, 5) is 16.0. The van der Waals surface area contributed by atoms with Gasteiger partial charge in [0.2, 0.25) is 0 Å². The molecule has 3 nitrogen and oxygen atoms in total. The highest BCUT2D eigenvalue weighted by Gasteiger charge is 2.15. The van der Waals surface area contributed by atoms with Gasteiger partial charge in [0.05, 0.1) is 5.69 Å². The summed E-state index contributed by atoms with van der Waals surface area (Å²) in [5.41, 5.74) is 2.65. The van der Waals surface area contributed by atoms with Crippen LogP contribution in [0.2, 0.25) is 0 Å². The molecule has 0 saturated heterocycles. The monoisotopic (exact) mass is 332 g/mol. The van der Waals surface area contributed by atoms with Crippen LogP contribution in [0.15, 0.2) is 47.2 Å². The Morgan fingerprint density at radius 1 is 1.15 bits per heavy atom. The molecule has 0 bridgehead atoms. The standard InChI is InChI=1S/C16H17BrN2O/c1-16(2,3)12-4-5-14(13(17)10-12)19-15(20)11-6-8-18-9-7-11/h4-10H,1-3H3,(H,19,20). The second-order valence-corrected chi connectivity index (χ2v) is 6.49. The first kappa shape index (κ1) is 14.7. The van der Waals surface area contributed by atoms with E-state index in [1.165, 1.54) is 5.56 Å². The number of halogens is 1. The quantitative estimate of drug-likeness (QED) is 0.885. The van der Waals surface area contributed by atoms with Crippen LogP contribution in [0, 0.1) is 0 Å². The first-order valence-electron chi connectivity index (χ1n) is 6.39. The lowest BCUT2D eigenvalue weighted by atomic mass is 9.87. The maximum absolute atomic E-state index is 12.1. The third-order valence-corrected chi connectivity index (χ3v) is 3.68. The Bertz CT molecular complexity index is 618. The highest BCUT2D eigenvalue weighted by molar-refractivity contribution is 9.10. The fourth-order valence-electron chi connectivity index (χ4n) is 1.78.